The summed E-state index contributed by atoms with van der Waals surface area (Å²) < 4.78 is 38.2. The molecular formula is C23H27N3O6S. The molecule has 2 aliphatic heterocycles. The first-order valence-corrected chi connectivity index (χ1v) is 12.2. The summed E-state index contributed by atoms with van der Waals surface area (Å²) in [5.74, 6) is 0.892. The Morgan fingerprint density at radius 3 is 2.48 bits per heavy atom. The SMILES string of the molecule is COc1ccc(CCC(=O)N2CCN(S(=O)(=O)c3ccc4c(c3)NC(=O)C(C)O4)CC2)cc1. The Balaban J connectivity index is 1.34. The lowest BCUT2D eigenvalue weighted by Gasteiger charge is -2.34. The number of amides is 2. The van der Waals surface area contributed by atoms with E-state index in [9.17, 15) is 18.0 Å². The molecule has 2 aliphatic rings. The van der Waals surface area contributed by atoms with Crippen molar-refractivity contribution in [3.63, 3.8) is 0 Å². The van der Waals surface area contributed by atoms with E-state index in [1.165, 1.54) is 16.4 Å². The van der Waals surface area contributed by atoms with Gasteiger partial charge in [0.2, 0.25) is 15.9 Å². The molecule has 4 rings (SSSR count). The van der Waals surface area contributed by atoms with Crippen molar-refractivity contribution in [3.8, 4) is 11.5 Å². The predicted octanol–water partition coefficient (Wildman–Crippen LogP) is 1.88. The van der Waals surface area contributed by atoms with Crippen molar-refractivity contribution in [2.24, 2.45) is 0 Å². The van der Waals surface area contributed by atoms with Crippen LogP contribution in [0, 0.1) is 0 Å². The number of rotatable bonds is 6. The second-order valence-electron chi connectivity index (χ2n) is 8.04. The number of nitrogens with zero attached hydrogens (tertiary/aromatic N) is 2. The van der Waals surface area contributed by atoms with E-state index >= 15 is 0 Å². The topological polar surface area (TPSA) is 105 Å². The van der Waals surface area contributed by atoms with E-state index in [4.69, 9.17) is 9.47 Å². The number of piperazine rings is 1. The molecule has 9 nitrogen and oxygen atoms in total. The third-order valence-electron chi connectivity index (χ3n) is 5.90. The Morgan fingerprint density at radius 1 is 1.12 bits per heavy atom. The second kappa shape index (κ2) is 9.40. The van der Waals surface area contributed by atoms with Crippen molar-refractivity contribution in [3.05, 3.63) is 48.0 Å². The Labute approximate surface area is 193 Å². The lowest BCUT2D eigenvalue weighted by Crippen LogP contribution is -2.50. The smallest absolute Gasteiger partial charge is 0.265 e. The predicted molar refractivity (Wildman–Crippen MR) is 122 cm³/mol. The summed E-state index contributed by atoms with van der Waals surface area (Å²) in [5, 5.41) is 2.67. The van der Waals surface area contributed by atoms with Crippen LogP contribution in [0.15, 0.2) is 47.4 Å². The molecule has 2 aromatic rings. The fraction of sp³-hybridized carbons (Fsp3) is 0.391. The maximum absolute atomic E-state index is 13.1. The number of nitrogens with one attached hydrogen (secondary N) is 1. The van der Waals surface area contributed by atoms with Crippen LogP contribution in [0.5, 0.6) is 11.5 Å². The lowest BCUT2D eigenvalue weighted by atomic mass is 10.1. The number of hydrogen-bond donors (Lipinski definition) is 1. The quantitative estimate of drug-likeness (QED) is 0.687. The second-order valence-corrected chi connectivity index (χ2v) is 9.98. The van der Waals surface area contributed by atoms with Gasteiger partial charge in [-0.25, -0.2) is 8.42 Å². The molecule has 1 unspecified atom stereocenters. The first-order valence-electron chi connectivity index (χ1n) is 10.8. The number of sulfonamides is 1. The molecular weight excluding hydrogens is 446 g/mol. The first kappa shape index (κ1) is 23.1. The van der Waals surface area contributed by atoms with Crippen LogP contribution in [0.3, 0.4) is 0 Å². The zero-order chi connectivity index (χ0) is 23.6. The molecule has 1 atom stereocenters. The monoisotopic (exact) mass is 473 g/mol. The van der Waals surface area contributed by atoms with Gasteiger partial charge in [-0.3, -0.25) is 9.59 Å². The van der Waals surface area contributed by atoms with Gasteiger partial charge >= 0.3 is 0 Å². The van der Waals surface area contributed by atoms with Gasteiger partial charge in [-0.2, -0.15) is 4.31 Å². The molecule has 2 amide bonds. The molecule has 0 radical (unpaired) electrons. The van der Waals surface area contributed by atoms with Crippen LogP contribution >= 0.6 is 0 Å². The van der Waals surface area contributed by atoms with Crippen molar-refractivity contribution in [2.45, 2.75) is 30.8 Å². The Morgan fingerprint density at radius 2 is 1.82 bits per heavy atom. The van der Waals surface area contributed by atoms with Gasteiger partial charge in [0, 0.05) is 32.6 Å². The number of carbonyl (C=O) groups excluding carboxylic acids is 2. The van der Waals surface area contributed by atoms with E-state index in [1.807, 2.05) is 24.3 Å². The minimum Gasteiger partial charge on any atom is -0.497 e. The number of anilines is 1. The molecule has 10 heteroatoms. The minimum atomic E-state index is -3.76. The Hall–Kier alpha value is -3.11. The molecule has 1 N–H and O–H groups in total. The Bertz CT molecular complexity index is 1140. The summed E-state index contributed by atoms with van der Waals surface area (Å²) in [6.07, 6.45) is 0.348. The van der Waals surface area contributed by atoms with Crippen LogP contribution in [0.4, 0.5) is 5.69 Å². The van der Waals surface area contributed by atoms with Crippen molar-refractivity contribution in [2.75, 3.05) is 38.6 Å². The number of carbonyl (C=O) groups is 2. The normalized spacial score (nSPS) is 18.8. The number of aryl methyl sites for hydroxylation is 1. The van der Waals surface area contributed by atoms with Gasteiger partial charge in [-0.1, -0.05) is 12.1 Å². The maximum Gasteiger partial charge on any atom is 0.265 e. The highest BCUT2D eigenvalue weighted by atomic mass is 32.2. The standard InChI is InChI=1S/C23H27N3O6S/c1-16-23(28)24-20-15-19(8-9-21(20)32-16)33(29,30)26-13-11-25(12-14-26)22(27)10-5-17-3-6-18(31-2)7-4-17/h3-4,6-9,15-16H,5,10-14H2,1-2H3,(H,24,28). The highest BCUT2D eigenvalue weighted by Crippen LogP contribution is 2.33. The summed E-state index contributed by atoms with van der Waals surface area (Å²) >= 11 is 0. The van der Waals surface area contributed by atoms with Gasteiger partial charge in [-0.15, -0.1) is 0 Å². The number of hydrogen-bond acceptors (Lipinski definition) is 6. The molecule has 0 spiro atoms. The number of fused-ring (bicyclic) bond motifs is 1. The minimum absolute atomic E-state index is 0.00521. The summed E-state index contributed by atoms with van der Waals surface area (Å²) in [7, 11) is -2.15. The van der Waals surface area contributed by atoms with E-state index in [2.05, 4.69) is 5.32 Å². The van der Waals surface area contributed by atoms with Crippen LogP contribution < -0.4 is 14.8 Å². The van der Waals surface area contributed by atoms with Gasteiger partial charge in [0.05, 0.1) is 17.7 Å². The number of benzene rings is 2. The number of methoxy groups -OCH3 is 1. The van der Waals surface area contributed by atoms with E-state index < -0.39 is 16.1 Å². The molecule has 0 aromatic heterocycles. The molecule has 176 valence electrons. The van der Waals surface area contributed by atoms with Crippen LogP contribution in [0.25, 0.3) is 0 Å². The van der Waals surface area contributed by atoms with Crippen LogP contribution in [0.1, 0.15) is 18.9 Å². The van der Waals surface area contributed by atoms with E-state index in [-0.39, 0.29) is 29.8 Å². The van der Waals surface area contributed by atoms with Gasteiger partial charge in [0.25, 0.3) is 5.91 Å². The summed E-state index contributed by atoms with van der Waals surface area (Å²) in [6, 6.07) is 12.0. The molecule has 0 bridgehead atoms. The summed E-state index contributed by atoms with van der Waals surface area (Å²) in [6.45, 7) is 2.73. The van der Waals surface area contributed by atoms with E-state index in [0.29, 0.717) is 37.4 Å². The lowest BCUT2D eigenvalue weighted by molar-refractivity contribution is -0.132. The van der Waals surface area contributed by atoms with Crippen LogP contribution in [-0.4, -0.2) is 68.8 Å². The number of ether oxygens (including phenoxy) is 2. The third kappa shape index (κ3) is 4.96. The van der Waals surface area contributed by atoms with Crippen LogP contribution in [0.2, 0.25) is 0 Å². The zero-order valence-electron chi connectivity index (χ0n) is 18.6. The fourth-order valence-electron chi connectivity index (χ4n) is 3.88. The highest BCUT2D eigenvalue weighted by Gasteiger charge is 2.32. The van der Waals surface area contributed by atoms with Crippen molar-refractivity contribution < 1.29 is 27.5 Å². The van der Waals surface area contributed by atoms with E-state index in [1.54, 1.807) is 25.0 Å². The first-order chi connectivity index (χ1) is 15.8. The molecule has 0 aliphatic carbocycles. The van der Waals surface area contributed by atoms with Crippen molar-refractivity contribution in [1.29, 1.82) is 0 Å². The summed E-state index contributed by atoms with van der Waals surface area (Å²) in [4.78, 5) is 26.3. The zero-order valence-corrected chi connectivity index (χ0v) is 19.4. The van der Waals surface area contributed by atoms with Gasteiger partial charge < -0.3 is 19.7 Å². The van der Waals surface area contributed by atoms with Gasteiger partial charge in [0.1, 0.15) is 11.5 Å². The van der Waals surface area contributed by atoms with Crippen molar-refractivity contribution in [1.82, 2.24) is 9.21 Å². The highest BCUT2D eigenvalue weighted by molar-refractivity contribution is 7.89. The van der Waals surface area contributed by atoms with Gasteiger partial charge in [0.15, 0.2) is 6.10 Å². The van der Waals surface area contributed by atoms with E-state index in [0.717, 1.165) is 11.3 Å². The molecule has 1 fully saturated rings. The Kier molecular flexibility index (Phi) is 6.57. The largest absolute Gasteiger partial charge is 0.497 e. The maximum atomic E-state index is 13.1. The average Bonchev–Trinajstić information content (AvgIpc) is 2.83. The molecule has 0 saturated carbocycles. The third-order valence-corrected chi connectivity index (χ3v) is 7.79. The van der Waals surface area contributed by atoms with Crippen LogP contribution in [-0.2, 0) is 26.0 Å². The van der Waals surface area contributed by atoms with Gasteiger partial charge in [-0.05, 0) is 49.2 Å². The molecule has 2 aromatic carbocycles. The molecule has 33 heavy (non-hydrogen) atoms. The molecule has 1 saturated heterocycles. The molecule has 2 heterocycles. The fourth-order valence-corrected chi connectivity index (χ4v) is 5.33. The van der Waals surface area contributed by atoms with Crippen molar-refractivity contribution >= 4 is 27.5 Å². The summed E-state index contributed by atoms with van der Waals surface area (Å²) in [5.41, 5.74) is 1.38. The average molecular weight is 474 g/mol.